The molecule has 0 aromatic carbocycles. The lowest BCUT2D eigenvalue weighted by molar-refractivity contribution is -0.163. The van der Waals surface area contributed by atoms with E-state index in [-0.39, 0.29) is 0 Å². The number of aliphatic carboxylic acids is 1. The van der Waals surface area contributed by atoms with Crippen LogP contribution >= 0.6 is 0 Å². The minimum atomic E-state index is -1.04. The van der Waals surface area contributed by atoms with Crippen LogP contribution in [0.2, 0.25) is 0 Å². The van der Waals surface area contributed by atoms with Crippen LogP contribution in [0.15, 0.2) is 0 Å². The zero-order valence-corrected chi connectivity index (χ0v) is 22.2. The third-order valence-corrected chi connectivity index (χ3v) is 6.65. The van der Waals surface area contributed by atoms with E-state index in [9.17, 15) is 9.59 Å². The molecular formula is C29H56O4. The van der Waals surface area contributed by atoms with Crippen LogP contribution in [0.3, 0.4) is 0 Å². The Bertz CT molecular complexity index is 435. The van der Waals surface area contributed by atoms with Gasteiger partial charge >= 0.3 is 11.9 Å². The van der Waals surface area contributed by atoms with Crippen molar-refractivity contribution < 1.29 is 19.4 Å². The maximum Gasteiger partial charge on any atom is 0.345 e. The van der Waals surface area contributed by atoms with Gasteiger partial charge < -0.3 is 9.84 Å². The van der Waals surface area contributed by atoms with E-state index in [1.165, 1.54) is 135 Å². The molecule has 0 fully saturated rings. The van der Waals surface area contributed by atoms with Crippen LogP contribution in [0, 0.1) is 0 Å². The summed E-state index contributed by atoms with van der Waals surface area (Å²) < 4.78 is 4.82. The molecule has 0 spiro atoms. The van der Waals surface area contributed by atoms with Crippen LogP contribution in [0.1, 0.15) is 168 Å². The van der Waals surface area contributed by atoms with Crippen molar-refractivity contribution in [3.05, 3.63) is 0 Å². The zero-order valence-electron chi connectivity index (χ0n) is 22.2. The van der Waals surface area contributed by atoms with Gasteiger partial charge in [0.2, 0.25) is 0 Å². The first-order valence-electron chi connectivity index (χ1n) is 14.5. The lowest BCUT2D eigenvalue weighted by atomic mass is 10.0. The molecule has 0 aliphatic carbocycles. The van der Waals surface area contributed by atoms with Crippen molar-refractivity contribution in [3.8, 4) is 0 Å². The van der Waals surface area contributed by atoms with Crippen LogP contribution in [0.4, 0.5) is 0 Å². The second kappa shape index (κ2) is 25.6. The Labute approximate surface area is 205 Å². The fourth-order valence-corrected chi connectivity index (χ4v) is 4.55. The van der Waals surface area contributed by atoms with Gasteiger partial charge in [-0.15, -0.1) is 0 Å². The van der Waals surface area contributed by atoms with Gasteiger partial charge in [0.25, 0.3) is 0 Å². The Morgan fingerprint density at radius 1 is 0.545 bits per heavy atom. The first-order valence-corrected chi connectivity index (χ1v) is 14.5. The zero-order chi connectivity index (χ0) is 24.4. The molecule has 0 saturated carbocycles. The molecule has 0 heterocycles. The number of carbonyl (C=O) groups excluding carboxylic acids is 1. The van der Waals surface area contributed by atoms with E-state index in [0.717, 1.165) is 19.3 Å². The number of ether oxygens (including phenoxy) is 1. The normalized spacial score (nSPS) is 12.1. The first-order chi connectivity index (χ1) is 16.1. The second-order valence-electron chi connectivity index (χ2n) is 10.0. The topological polar surface area (TPSA) is 63.6 Å². The van der Waals surface area contributed by atoms with E-state index in [1.807, 2.05) is 0 Å². The molecule has 1 atom stereocenters. The fraction of sp³-hybridized carbons (Fsp3) is 0.931. The van der Waals surface area contributed by atoms with E-state index < -0.39 is 18.0 Å². The summed E-state index contributed by atoms with van der Waals surface area (Å²) in [5.41, 5.74) is 0. The van der Waals surface area contributed by atoms with Gasteiger partial charge in [-0.1, -0.05) is 148 Å². The maximum atomic E-state index is 11.0. The predicted octanol–water partition coefficient (Wildman–Crippen LogP) is 9.39. The third kappa shape index (κ3) is 25.4. The summed E-state index contributed by atoms with van der Waals surface area (Å²) >= 11 is 0. The molecule has 4 nitrogen and oxygen atoms in total. The summed E-state index contributed by atoms with van der Waals surface area (Å²) in [6, 6.07) is 0. The van der Waals surface area contributed by atoms with Gasteiger partial charge in [0.05, 0.1) is 0 Å². The summed E-state index contributed by atoms with van der Waals surface area (Å²) in [6.45, 7) is 3.54. The highest BCUT2D eigenvalue weighted by Crippen LogP contribution is 2.16. The number of hydrogen-bond donors (Lipinski definition) is 1. The van der Waals surface area contributed by atoms with Crippen molar-refractivity contribution in [1.29, 1.82) is 0 Å². The van der Waals surface area contributed by atoms with Crippen molar-refractivity contribution in [2.45, 2.75) is 174 Å². The third-order valence-electron chi connectivity index (χ3n) is 6.65. The van der Waals surface area contributed by atoms with Gasteiger partial charge in [-0.25, -0.2) is 4.79 Å². The SMILES string of the molecule is CCCCCCCCCCCCCCCCCCCCCCCCCC(OC(C)=O)C(=O)O. The fourth-order valence-electron chi connectivity index (χ4n) is 4.55. The molecular weight excluding hydrogens is 412 g/mol. The molecule has 0 amide bonds. The van der Waals surface area contributed by atoms with Gasteiger partial charge in [0.15, 0.2) is 6.10 Å². The Kier molecular flexibility index (Phi) is 24.7. The number of hydrogen-bond acceptors (Lipinski definition) is 3. The molecule has 0 aliphatic rings. The molecule has 0 rings (SSSR count). The number of esters is 1. The molecule has 1 N–H and O–H groups in total. The quantitative estimate of drug-likeness (QED) is 0.101. The predicted molar refractivity (Wildman–Crippen MR) is 140 cm³/mol. The molecule has 0 saturated heterocycles. The smallest absolute Gasteiger partial charge is 0.345 e. The van der Waals surface area contributed by atoms with Crippen LogP contribution in [-0.4, -0.2) is 23.1 Å². The Morgan fingerprint density at radius 2 is 0.818 bits per heavy atom. The molecule has 0 aromatic heterocycles. The highest BCUT2D eigenvalue weighted by atomic mass is 16.6. The van der Waals surface area contributed by atoms with Gasteiger partial charge in [0, 0.05) is 6.92 Å². The standard InChI is InChI=1S/C29H56O4/c1-3-4-5-6-7-8-9-10-11-12-13-14-15-16-17-18-19-20-21-22-23-24-25-26-28(29(31)32)33-27(2)30/h28H,3-26H2,1-2H3,(H,31,32). The number of carbonyl (C=O) groups is 2. The lowest BCUT2D eigenvalue weighted by Crippen LogP contribution is -2.25. The van der Waals surface area contributed by atoms with Gasteiger partial charge in [0.1, 0.15) is 0 Å². The van der Waals surface area contributed by atoms with Crippen LogP contribution in [0.25, 0.3) is 0 Å². The maximum absolute atomic E-state index is 11.0. The highest BCUT2D eigenvalue weighted by Gasteiger charge is 2.19. The molecule has 1 unspecified atom stereocenters. The van der Waals surface area contributed by atoms with Crippen molar-refractivity contribution >= 4 is 11.9 Å². The monoisotopic (exact) mass is 468 g/mol. The Hall–Kier alpha value is -1.06. The average Bonchev–Trinajstić information content (AvgIpc) is 2.78. The van der Waals surface area contributed by atoms with E-state index in [1.54, 1.807) is 0 Å². The Balaban J connectivity index is 3.18. The number of carboxylic acid groups (broad SMARTS) is 1. The van der Waals surface area contributed by atoms with Gasteiger partial charge in [-0.3, -0.25) is 4.79 Å². The summed E-state index contributed by atoms with van der Waals surface area (Å²) in [4.78, 5) is 21.9. The number of unbranched alkanes of at least 4 members (excludes halogenated alkanes) is 22. The van der Waals surface area contributed by atoms with E-state index in [2.05, 4.69) is 6.92 Å². The van der Waals surface area contributed by atoms with Gasteiger partial charge in [-0.05, 0) is 12.8 Å². The summed E-state index contributed by atoms with van der Waals surface area (Å²) in [6.07, 6.45) is 30.4. The lowest BCUT2D eigenvalue weighted by Gasteiger charge is -2.11. The average molecular weight is 469 g/mol. The van der Waals surface area contributed by atoms with Crippen molar-refractivity contribution in [2.24, 2.45) is 0 Å². The molecule has 0 aliphatic heterocycles. The summed E-state index contributed by atoms with van der Waals surface area (Å²) in [5.74, 6) is -1.56. The summed E-state index contributed by atoms with van der Waals surface area (Å²) in [5, 5.41) is 9.02. The van der Waals surface area contributed by atoms with Crippen LogP contribution < -0.4 is 0 Å². The highest BCUT2D eigenvalue weighted by molar-refractivity contribution is 5.76. The minimum Gasteiger partial charge on any atom is -0.479 e. The van der Waals surface area contributed by atoms with Crippen LogP contribution in [0.5, 0.6) is 0 Å². The molecule has 0 radical (unpaired) electrons. The first kappa shape index (κ1) is 31.9. The molecule has 0 aromatic rings. The van der Waals surface area contributed by atoms with Crippen LogP contribution in [-0.2, 0) is 14.3 Å². The minimum absolute atomic E-state index is 0.425. The van der Waals surface area contributed by atoms with E-state index in [0.29, 0.717) is 6.42 Å². The number of rotatable bonds is 26. The largest absolute Gasteiger partial charge is 0.479 e. The molecule has 0 bridgehead atoms. The number of carboxylic acids is 1. The summed E-state index contributed by atoms with van der Waals surface area (Å²) in [7, 11) is 0. The van der Waals surface area contributed by atoms with Gasteiger partial charge in [-0.2, -0.15) is 0 Å². The molecule has 4 heteroatoms. The van der Waals surface area contributed by atoms with Crippen molar-refractivity contribution in [2.75, 3.05) is 0 Å². The van der Waals surface area contributed by atoms with E-state index >= 15 is 0 Å². The van der Waals surface area contributed by atoms with E-state index in [4.69, 9.17) is 9.84 Å². The van der Waals surface area contributed by atoms with Crippen molar-refractivity contribution in [3.63, 3.8) is 0 Å². The van der Waals surface area contributed by atoms with Crippen molar-refractivity contribution in [1.82, 2.24) is 0 Å². The molecule has 196 valence electrons. The molecule has 33 heavy (non-hydrogen) atoms. The second-order valence-corrected chi connectivity index (χ2v) is 10.0. The Morgan fingerprint density at radius 3 is 1.06 bits per heavy atom.